The third kappa shape index (κ3) is 3.34. The summed E-state index contributed by atoms with van der Waals surface area (Å²) in [6.45, 7) is 0. The molecule has 0 heterocycles. The highest BCUT2D eigenvalue weighted by atomic mass is 79.9. The number of hydrogen-bond donors (Lipinski definition) is 2. The molecule has 0 aliphatic carbocycles. The molecule has 8 heteroatoms. The van der Waals surface area contributed by atoms with E-state index in [1.165, 1.54) is 6.07 Å². The maximum absolute atomic E-state index is 13.5. The van der Waals surface area contributed by atoms with Gasteiger partial charge >= 0.3 is 5.69 Å². The van der Waals surface area contributed by atoms with Crippen LogP contribution < -0.4 is 10.5 Å². The Morgan fingerprint density at radius 3 is 2.62 bits per heavy atom. The smallest absolute Gasteiger partial charge is 0.305 e. The zero-order valence-electron chi connectivity index (χ0n) is 10.5. The van der Waals surface area contributed by atoms with E-state index in [0.717, 1.165) is 12.1 Å². The van der Waals surface area contributed by atoms with Gasteiger partial charge < -0.3 is 10.5 Å². The first-order valence-electron chi connectivity index (χ1n) is 5.64. The summed E-state index contributed by atoms with van der Waals surface area (Å²) in [5.74, 6) is -0.902. The van der Waals surface area contributed by atoms with Gasteiger partial charge in [0.1, 0.15) is 17.3 Å². The maximum atomic E-state index is 13.5. The van der Waals surface area contributed by atoms with Crippen molar-refractivity contribution in [2.24, 2.45) is 5.73 Å². The zero-order chi connectivity index (χ0) is 15.6. The van der Waals surface area contributed by atoms with Crippen molar-refractivity contribution in [3.8, 4) is 11.5 Å². The number of benzene rings is 2. The molecule has 0 spiro atoms. The summed E-state index contributed by atoms with van der Waals surface area (Å²) in [7, 11) is 0. The summed E-state index contributed by atoms with van der Waals surface area (Å²) < 4.78 is 19.7. The SMILES string of the molecule is N=C(N)c1ccc(Br)cc1Oc1ccc([N+](=O)[O-])c(F)c1. The molecular formula is C13H9BrFN3O3. The third-order valence-corrected chi connectivity index (χ3v) is 3.07. The number of nitrogens with zero attached hydrogens (tertiary/aromatic N) is 1. The van der Waals surface area contributed by atoms with Crippen molar-refractivity contribution in [2.45, 2.75) is 0 Å². The van der Waals surface area contributed by atoms with Crippen LogP contribution >= 0.6 is 15.9 Å². The number of amidine groups is 1. The van der Waals surface area contributed by atoms with E-state index in [9.17, 15) is 14.5 Å². The van der Waals surface area contributed by atoms with Gasteiger partial charge in [0.05, 0.1) is 10.5 Å². The van der Waals surface area contributed by atoms with Crippen molar-refractivity contribution in [2.75, 3.05) is 0 Å². The molecule has 21 heavy (non-hydrogen) atoms. The molecule has 6 nitrogen and oxygen atoms in total. The standard InChI is InChI=1S/C13H9BrFN3O3/c14-7-1-3-9(13(16)17)12(5-7)21-8-2-4-11(18(19)20)10(15)6-8/h1-6H,(H3,16,17). The fraction of sp³-hybridized carbons (Fsp3) is 0. The normalized spacial score (nSPS) is 10.2. The van der Waals surface area contributed by atoms with Crippen LogP contribution in [0, 0.1) is 21.3 Å². The lowest BCUT2D eigenvalue weighted by Gasteiger charge is -2.10. The van der Waals surface area contributed by atoms with E-state index < -0.39 is 16.4 Å². The van der Waals surface area contributed by atoms with Crippen LogP contribution in [0.3, 0.4) is 0 Å². The number of nitrogen functional groups attached to an aromatic ring is 1. The van der Waals surface area contributed by atoms with Gasteiger partial charge in [0, 0.05) is 16.6 Å². The predicted molar refractivity (Wildman–Crippen MR) is 78.3 cm³/mol. The minimum absolute atomic E-state index is 0.0682. The quantitative estimate of drug-likeness (QED) is 0.379. The molecule has 0 unspecified atom stereocenters. The minimum atomic E-state index is -1.00. The maximum Gasteiger partial charge on any atom is 0.305 e. The van der Waals surface area contributed by atoms with Gasteiger partial charge in [0.25, 0.3) is 0 Å². The molecule has 0 aromatic heterocycles. The minimum Gasteiger partial charge on any atom is -0.456 e. The van der Waals surface area contributed by atoms with E-state index in [2.05, 4.69) is 15.9 Å². The van der Waals surface area contributed by atoms with Gasteiger partial charge in [0.15, 0.2) is 0 Å². The zero-order valence-corrected chi connectivity index (χ0v) is 12.1. The fourth-order valence-corrected chi connectivity index (χ4v) is 1.97. The van der Waals surface area contributed by atoms with Crippen LogP contribution in [0.4, 0.5) is 10.1 Å². The van der Waals surface area contributed by atoms with Crippen molar-refractivity contribution in [1.29, 1.82) is 5.41 Å². The third-order valence-electron chi connectivity index (χ3n) is 2.58. The lowest BCUT2D eigenvalue weighted by atomic mass is 10.2. The Hall–Kier alpha value is -2.48. The Labute approximate surface area is 127 Å². The monoisotopic (exact) mass is 353 g/mol. The highest BCUT2D eigenvalue weighted by Crippen LogP contribution is 2.30. The predicted octanol–water partition coefficient (Wildman–Crippen LogP) is 3.57. The topological polar surface area (TPSA) is 102 Å². The van der Waals surface area contributed by atoms with Crippen LogP contribution in [-0.2, 0) is 0 Å². The Bertz CT molecular complexity index is 737. The second-order valence-electron chi connectivity index (χ2n) is 4.03. The van der Waals surface area contributed by atoms with Crippen molar-refractivity contribution < 1.29 is 14.1 Å². The van der Waals surface area contributed by atoms with Gasteiger partial charge in [-0.15, -0.1) is 0 Å². The van der Waals surface area contributed by atoms with Gasteiger partial charge in [-0.1, -0.05) is 15.9 Å². The first-order chi connectivity index (χ1) is 9.88. The Balaban J connectivity index is 2.38. The second-order valence-corrected chi connectivity index (χ2v) is 4.94. The van der Waals surface area contributed by atoms with E-state index in [1.54, 1.807) is 18.2 Å². The van der Waals surface area contributed by atoms with Crippen LogP contribution in [0.5, 0.6) is 11.5 Å². The van der Waals surface area contributed by atoms with Gasteiger partial charge in [-0.05, 0) is 24.3 Å². The lowest BCUT2D eigenvalue weighted by molar-refractivity contribution is -0.387. The molecular weight excluding hydrogens is 345 g/mol. The van der Waals surface area contributed by atoms with Crippen LogP contribution in [0.15, 0.2) is 40.9 Å². The first-order valence-corrected chi connectivity index (χ1v) is 6.43. The van der Waals surface area contributed by atoms with E-state index in [-0.39, 0.29) is 17.3 Å². The van der Waals surface area contributed by atoms with Gasteiger partial charge in [-0.3, -0.25) is 15.5 Å². The number of ether oxygens (including phenoxy) is 1. The van der Waals surface area contributed by atoms with Crippen LogP contribution in [-0.4, -0.2) is 10.8 Å². The number of nitrogens with two attached hydrogens (primary N) is 1. The number of nitrogens with one attached hydrogen (secondary N) is 1. The summed E-state index contributed by atoms with van der Waals surface area (Å²) in [6.07, 6.45) is 0. The van der Waals surface area contributed by atoms with Crippen LogP contribution in [0.25, 0.3) is 0 Å². The number of hydrogen-bond acceptors (Lipinski definition) is 4. The van der Waals surface area contributed by atoms with Crippen LogP contribution in [0.1, 0.15) is 5.56 Å². The molecule has 2 aromatic carbocycles. The highest BCUT2D eigenvalue weighted by Gasteiger charge is 2.15. The molecule has 2 aromatic rings. The largest absolute Gasteiger partial charge is 0.456 e. The van der Waals surface area contributed by atoms with E-state index in [1.807, 2.05) is 0 Å². The molecule has 0 aliphatic heterocycles. The number of nitro benzene ring substituents is 1. The molecule has 2 rings (SSSR count). The van der Waals surface area contributed by atoms with Crippen LogP contribution in [0.2, 0.25) is 0 Å². The molecule has 0 aliphatic rings. The van der Waals surface area contributed by atoms with E-state index in [4.69, 9.17) is 15.9 Å². The van der Waals surface area contributed by atoms with Crippen molar-refractivity contribution in [3.63, 3.8) is 0 Å². The molecule has 0 amide bonds. The van der Waals surface area contributed by atoms with E-state index in [0.29, 0.717) is 10.0 Å². The first kappa shape index (κ1) is 14.9. The lowest BCUT2D eigenvalue weighted by Crippen LogP contribution is -2.12. The van der Waals surface area contributed by atoms with E-state index >= 15 is 0 Å². The highest BCUT2D eigenvalue weighted by molar-refractivity contribution is 9.10. The average molecular weight is 354 g/mol. The fourth-order valence-electron chi connectivity index (χ4n) is 1.63. The van der Waals surface area contributed by atoms with Gasteiger partial charge in [-0.25, -0.2) is 0 Å². The van der Waals surface area contributed by atoms with Gasteiger partial charge in [-0.2, -0.15) is 4.39 Å². The molecule has 108 valence electrons. The number of nitro groups is 1. The molecule has 0 atom stereocenters. The molecule has 0 fully saturated rings. The Kier molecular flexibility index (Phi) is 4.18. The van der Waals surface area contributed by atoms with Crippen molar-refractivity contribution in [3.05, 3.63) is 62.4 Å². The summed E-state index contributed by atoms with van der Waals surface area (Å²) in [5, 5.41) is 18.0. The summed E-state index contributed by atoms with van der Waals surface area (Å²) in [6, 6.07) is 8.00. The summed E-state index contributed by atoms with van der Waals surface area (Å²) in [5.41, 5.74) is 5.13. The molecule has 3 N–H and O–H groups in total. The molecule has 0 radical (unpaired) electrons. The molecule has 0 bridgehead atoms. The summed E-state index contributed by atoms with van der Waals surface area (Å²) >= 11 is 3.25. The number of halogens is 2. The van der Waals surface area contributed by atoms with Gasteiger partial charge in [0.2, 0.25) is 5.82 Å². The Morgan fingerprint density at radius 2 is 2.05 bits per heavy atom. The molecule has 0 saturated carbocycles. The second kappa shape index (κ2) is 5.88. The average Bonchev–Trinajstić information content (AvgIpc) is 2.37. The number of rotatable bonds is 4. The Morgan fingerprint density at radius 1 is 1.33 bits per heavy atom. The van der Waals surface area contributed by atoms with Crippen molar-refractivity contribution in [1.82, 2.24) is 0 Å². The van der Waals surface area contributed by atoms with Crippen molar-refractivity contribution >= 4 is 27.5 Å². The summed E-state index contributed by atoms with van der Waals surface area (Å²) in [4.78, 5) is 9.73. The molecule has 0 saturated heterocycles.